The fourth-order valence-corrected chi connectivity index (χ4v) is 2.08. The third-order valence-corrected chi connectivity index (χ3v) is 3.12. The van der Waals surface area contributed by atoms with Gasteiger partial charge in [0.25, 0.3) is 0 Å². The highest BCUT2D eigenvalue weighted by Crippen LogP contribution is 2.18. The van der Waals surface area contributed by atoms with Crippen LogP contribution in [0.5, 0.6) is 0 Å². The largest absolute Gasteiger partial charge is 0.481 e. The number of amides is 1. The Balaban J connectivity index is 2.78. The first-order valence-corrected chi connectivity index (χ1v) is 6.45. The summed E-state index contributed by atoms with van der Waals surface area (Å²) in [6, 6.07) is 9.35. The van der Waals surface area contributed by atoms with Crippen LogP contribution >= 0.6 is 0 Å². The van der Waals surface area contributed by atoms with E-state index in [1.54, 1.807) is 13.8 Å². The second-order valence-corrected chi connectivity index (χ2v) is 5.19. The van der Waals surface area contributed by atoms with Crippen LogP contribution in [0.25, 0.3) is 0 Å². The van der Waals surface area contributed by atoms with Crippen molar-refractivity contribution < 1.29 is 19.4 Å². The van der Waals surface area contributed by atoms with Crippen molar-refractivity contribution in [2.24, 2.45) is 0 Å². The minimum atomic E-state index is -0.975. The molecule has 0 heterocycles. The van der Waals surface area contributed by atoms with E-state index in [-0.39, 0.29) is 24.9 Å². The van der Waals surface area contributed by atoms with Gasteiger partial charge in [-0.25, -0.2) is 0 Å². The zero-order valence-electron chi connectivity index (χ0n) is 12.1. The molecule has 2 N–H and O–H groups in total. The first kappa shape index (κ1) is 16.2. The Bertz CT molecular complexity index is 460. The number of nitrogens with one attached hydrogen (secondary N) is 1. The molecule has 110 valence electrons. The molecule has 20 heavy (non-hydrogen) atoms. The third kappa shape index (κ3) is 4.66. The zero-order chi connectivity index (χ0) is 15.2. The second-order valence-electron chi connectivity index (χ2n) is 5.19. The quantitative estimate of drug-likeness (QED) is 0.798. The van der Waals surface area contributed by atoms with Crippen molar-refractivity contribution in [3.8, 4) is 0 Å². The number of methoxy groups -OCH3 is 1. The Morgan fingerprint density at radius 2 is 1.95 bits per heavy atom. The average Bonchev–Trinajstić information content (AvgIpc) is 2.37. The zero-order valence-corrected chi connectivity index (χ0v) is 12.1. The minimum absolute atomic E-state index is 0.145. The Morgan fingerprint density at radius 3 is 2.45 bits per heavy atom. The predicted molar refractivity (Wildman–Crippen MR) is 75.5 cm³/mol. The van der Waals surface area contributed by atoms with E-state index in [4.69, 9.17) is 9.84 Å². The van der Waals surface area contributed by atoms with E-state index >= 15 is 0 Å². The van der Waals surface area contributed by atoms with Crippen molar-refractivity contribution in [1.82, 2.24) is 5.32 Å². The monoisotopic (exact) mass is 279 g/mol. The molecule has 1 amide bonds. The molecule has 0 fully saturated rings. The maximum absolute atomic E-state index is 12.3. The normalized spacial score (nSPS) is 15.2. The molecule has 0 aliphatic rings. The summed E-state index contributed by atoms with van der Waals surface area (Å²) in [6.07, 6.45) is -0.186. The van der Waals surface area contributed by atoms with Gasteiger partial charge in [0.2, 0.25) is 5.91 Å². The topological polar surface area (TPSA) is 75.6 Å². The average molecular weight is 279 g/mol. The van der Waals surface area contributed by atoms with Crippen molar-refractivity contribution in [2.75, 3.05) is 13.7 Å². The number of carboxylic acids is 1. The Kier molecular flexibility index (Phi) is 5.70. The van der Waals surface area contributed by atoms with Crippen LogP contribution in [0, 0.1) is 0 Å². The fourth-order valence-electron chi connectivity index (χ4n) is 2.08. The number of hydrogen-bond donors (Lipinski definition) is 2. The fraction of sp³-hybridized carbons (Fsp3) is 0.467. The molecular formula is C15H21NO4. The van der Waals surface area contributed by atoms with Crippen molar-refractivity contribution in [3.63, 3.8) is 0 Å². The van der Waals surface area contributed by atoms with Gasteiger partial charge in [-0.15, -0.1) is 0 Å². The summed E-state index contributed by atoms with van der Waals surface area (Å²) in [5, 5.41) is 11.7. The molecule has 0 saturated heterocycles. The molecule has 5 nitrogen and oxygen atoms in total. The maximum atomic E-state index is 12.3. The van der Waals surface area contributed by atoms with Crippen LogP contribution in [0.15, 0.2) is 30.3 Å². The number of hydrogen-bond acceptors (Lipinski definition) is 3. The first-order valence-electron chi connectivity index (χ1n) is 6.45. The smallest absolute Gasteiger partial charge is 0.305 e. The SMILES string of the molecule is COCC(C)(CC(=O)O)NC(=O)[C@H](C)c1ccccc1. The van der Waals surface area contributed by atoms with E-state index in [9.17, 15) is 9.59 Å². The molecule has 2 atom stereocenters. The van der Waals surface area contributed by atoms with Crippen molar-refractivity contribution in [3.05, 3.63) is 35.9 Å². The molecule has 5 heteroatoms. The lowest BCUT2D eigenvalue weighted by molar-refractivity contribution is -0.139. The molecule has 0 aliphatic carbocycles. The number of carbonyl (C=O) groups excluding carboxylic acids is 1. The standard InChI is InChI=1S/C15H21NO4/c1-11(12-7-5-4-6-8-12)14(19)16-15(2,10-20-3)9-13(17)18/h4-8,11H,9-10H2,1-3H3,(H,16,19)(H,17,18)/t11-,15?/m1/s1. The van der Waals surface area contributed by atoms with Crippen LogP contribution in [0.3, 0.4) is 0 Å². The Labute approximate surface area is 118 Å². The number of carboxylic acid groups (broad SMARTS) is 1. The summed E-state index contributed by atoms with van der Waals surface area (Å²) in [4.78, 5) is 23.2. The molecule has 0 aromatic heterocycles. The summed E-state index contributed by atoms with van der Waals surface area (Å²) in [6.45, 7) is 3.60. The number of aliphatic carboxylic acids is 1. The van der Waals surface area contributed by atoms with Gasteiger partial charge in [-0.2, -0.15) is 0 Å². The molecule has 0 bridgehead atoms. The molecular weight excluding hydrogens is 258 g/mol. The molecule has 0 saturated carbocycles. The van der Waals surface area contributed by atoms with Gasteiger partial charge in [-0.1, -0.05) is 30.3 Å². The lowest BCUT2D eigenvalue weighted by Gasteiger charge is -2.30. The van der Waals surface area contributed by atoms with Crippen molar-refractivity contribution in [2.45, 2.75) is 31.7 Å². The van der Waals surface area contributed by atoms with Gasteiger partial charge in [0, 0.05) is 7.11 Å². The molecule has 0 spiro atoms. The van der Waals surface area contributed by atoms with Gasteiger partial charge < -0.3 is 15.2 Å². The summed E-state index contributed by atoms with van der Waals surface area (Å²) < 4.78 is 5.02. The van der Waals surface area contributed by atoms with Gasteiger partial charge in [-0.05, 0) is 19.4 Å². The molecule has 1 unspecified atom stereocenters. The number of carbonyl (C=O) groups is 2. The Hall–Kier alpha value is -1.88. The maximum Gasteiger partial charge on any atom is 0.305 e. The summed E-state index contributed by atoms with van der Waals surface area (Å²) >= 11 is 0. The molecule has 1 aromatic rings. The summed E-state index contributed by atoms with van der Waals surface area (Å²) in [7, 11) is 1.48. The summed E-state index contributed by atoms with van der Waals surface area (Å²) in [5.41, 5.74) is -0.0270. The number of ether oxygens (including phenoxy) is 1. The van der Waals surface area contributed by atoms with Crippen molar-refractivity contribution in [1.29, 1.82) is 0 Å². The van der Waals surface area contributed by atoms with Gasteiger partial charge in [0.1, 0.15) is 0 Å². The second kappa shape index (κ2) is 7.05. The first-order chi connectivity index (χ1) is 9.38. The van der Waals surface area contributed by atoms with Crippen LogP contribution in [0.1, 0.15) is 31.7 Å². The van der Waals surface area contributed by atoms with Crippen LogP contribution in [0.4, 0.5) is 0 Å². The number of benzene rings is 1. The van der Waals surface area contributed by atoms with Crippen molar-refractivity contribution >= 4 is 11.9 Å². The van der Waals surface area contributed by atoms with E-state index in [0.717, 1.165) is 5.56 Å². The van der Waals surface area contributed by atoms with Gasteiger partial charge >= 0.3 is 5.97 Å². The lowest BCUT2D eigenvalue weighted by Crippen LogP contribution is -2.51. The summed E-state index contributed by atoms with van der Waals surface area (Å²) in [5.74, 6) is -1.53. The van der Waals surface area contributed by atoms with E-state index in [2.05, 4.69) is 5.32 Å². The predicted octanol–water partition coefficient (Wildman–Crippen LogP) is 1.79. The van der Waals surface area contributed by atoms with Crippen LogP contribution in [-0.4, -0.2) is 36.2 Å². The van der Waals surface area contributed by atoms with Gasteiger partial charge in [-0.3, -0.25) is 9.59 Å². The van der Waals surface area contributed by atoms with Gasteiger partial charge in [0.05, 0.1) is 24.5 Å². The lowest BCUT2D eigenvalue weighted by atomic mass is 9.95. The molecule has 1 rings (SSSR count). The van der Waals surface area contributed by atoms with E-state index < -0.39 is 11.5 Å². The van der Waals surface area contributed by atoms with E-state index in [1.807, 2.05) is 30.3 Å². The number of rotatable bonds is 7. The van der Waals surface area contributed by atoms with Crippen LogP contribution in [-0.2, 0) is 14.3 Å². The molecule has 0 aliphatic heterocycles. The highest BCUT2D eigenvalue weighted by Gasteiger charge is 2.31. The Morgan fingerprint density at radius 1 is 1.35 bits per heavy atom. The van der Waals surface area contributed by atoms with E-state index in [0.29, 0.717) is 0 Å². The highest BCUT2D eigenvalue weighted by molar-refractivity contribution is 5.84. The van der Waals surface area contributed by atoms with Gasteiger partial charge in [0.15, 0.2) is 0 Å². The molecule has 0 radical (unpaired) electrons. The van der Waals surface area contributed by atoms with E-state index in [1.165, 1.54) is 7.11 Å². The van der Waals surface area contributed by atoms with Crippen LogP contribution in [0.2, 0.25) is 0 Å². The van der Waals surface area contributed by atoms with Crippen LogP contribution < -0.4 is 5.32 Å². The highest BCUT2D eigenvalue weighted by atomic mass is 16.5. The minimum Gasteiger partial charge on any atom is -0.481 e. The molecule has 1 aromatic carbocycles. The third-order valence-electron chi connectivity index (χ3n) is 3.12.